The summed E-state index contributed by atoms with van der Waals surface area (Å²) in [6.45, 7) is 3.96. The molecule has 0 bridgehead atoms. The van der Waals surface area contributed by atoms with Gasteiger partial charge in [-0.05, 0) is 50.9 Å². The zero-order valence-electron chi connectivity index (χ0n) is 22.4. The number of hydrogen-bond acceptors (Lipinski definition) is 8. The minimum atomic E-state index is -1.17. The Kier molecular flexibility index (Phi) is 17.1. The number of carbonyl (C=O) groups is 5. The van der Waals surface area contributed by atoms with Crippen LogP contribution >= 0.6 is 21.6 Å². The molecule has 1 unspecified atom stereocenters. The SMILES string of the molecule is CC[C@H](C)[C@H](NC(=O)[C@H](CCCCNC(=O)CCCCC1CCSS1)NC(=O)[C@@H](N)CCC(=O)O)C(=O)O. The van der Waals surface area contributed by atoms with E-state index < -0.39 is 41.9 Å². The molecule has 0 aromatic heterocycles. The van der Waals surface area contributed by atoms with Crippen molar-refractivity contribution >= 4 is 51.2 Å². The molecule has 1 fully saturated rings. The van der Waals surface area contributed by atoms with Crippen LogP contribution in [0.3, 0.4) is 0 Å². The quantitative estimate of drug-likeness (QED) is 0.0927. The molecule has 13 heteroatoms. The third-order valence-electron chi connectivity index (χ3n) is 6.56. The summed E-state index contributed by atoms with van der Waals surface area (Å²) in [5, 5.41) is 27.0. The maximum absolute atomic E-state index is 12.9. The third kappa shape index (κ3) is 14.2. The van der Waals surface area contributed by atoms with Gasteiger partial charge in [0.05, 0.1) is 6.04 Å². The van der Waals surface area contributed by atoms with Gasteiger partial charge < -0.3 is 31.9 Å². The molecule has 0 aromatic rings. The summed E-state index contributed by atoms with van der Waals surface area (Å²) in [6.07, 6.45) is 6.16. The zero-order valence-corrected chi connectivity index (χ0v) is 24.0. The van der Waals surface area contributed by atoms with E-state index in [9.17, 15) is 29.1 Å². The van der Waals surface area contributed by atoms with Crippen molar-refractivity contribution in [3.8, 4) is 0 Å². The van der Waals surface area contributed by atoms with Gasteiger partial charge in [-0.3, -0.25) is 19.2 Å². The number of unbranched alkanes of at least 4 members (excludes halogenated alkanes) is 2. The normalized spacial score (nSPS) is 18.1. The summed E-state index contributed by atoms with van der Waals surface area (Å²) >= 11 is 0. The Hall–Kier alpha value is -1.99. The summed E-state index contributed by atoms with van der Waals surface area (Å²) < 4.78 is 0. The standard InChI is InChI=1S/C25H44N4O7S2/c1-3-16(2)22(25(35)36)29-24(34)19(28-23(33)18(26)11-12-21(31)32)9-6-7-14-27-20(30)10-5-4-8-17-13-15-37-38-17/h16-19,22H,3-15,26H2,1-2H3,(H,27,30)(H,28,33)(H,29,34)(H,31,32)(H,35,36)/t16-,17?,18-,19-,22-/m0/s1. The highest BCUT2D eigenvalue weighted by Gasteiger charge is 2.30. The van der Waals surface area contributed by atoms with Gasteiger partial charge in [0.25, 0.3) is 0 Å². The van der Waals surface area contributed by atoms with E-state index in [2.05, 4.69) is 16.0 Å². The van der Waals surface area contributed by atoms with E-state index in [-0.39, 0.29) is 31.1 Å². The van der Waals surface area contributed by atoms with Gasteiger partial charge in [0, 0.05) is 30.4 Å². The van der Waals surface area contributed by atoms with Crippen LogP contribution in [0.1, 0.15) is 84.5 Å². The van der Waals surface area contributed by atoms with Gasteiger partial charge >= 0.3 is 11.9 Å². The number of hydrogen-bond donors (Lipinski definition) is 6. The first-order valence-corrected chi connectivity index (χ1v) is 15.8. The van der Waals surface area contributed by atoms with Gasteiger partial charge in [0.2, 0.25) is 17.7 Å². The molecular weight excluding hydrogens is 532 g/mol. The fraction of sp³-hybridized carbons (Fsp3) is 0.800. The summed E-state index contributed by atoms with van der Waals surface area (Å²) in [4.78, 5) is 59.9. The lowest BCUT2D eigenvalue weighted by molar-refractivity contribution is -0.143. The average Bonchev–Trinajstić information content (AvgIpc) is 3.40. The lowest BCUT2D eigenvalue weighted by Gasteiger charge is -2.25. The molecule has 5 atom stereocenters. The number of carbonyl (C=O) groups excluding carboxylic acids is 3. The number of amides is 3. The van der Waals surface area contributed by atoms with E-state index in [1.807, 2.05) is 28.5 Å². The maximum Gasteiger partial charge on any atom is 0.326 e. The van der Waals surface area contributed by atoms with E-state index in [1.165, 1.54) is 12.2 Å². The van der Waals surface area contributed by atoms with Crippen molar-refractivity contribution in [2.75, 3.05) is 12.3 Å². The van der Waals surface area contributed by atoms with Crippen LogP contribution in [0, 0.1) is 5.92 Å². The zero-order chi connectivity index (χ0) is 28.5. The van der Waals surface area contributed by atoms with Crippen molar-refractivity contribution in [1.29, 1.82) is 0 Å². The third-order valence-corrected chi connectivity index (χ3v) is 9.57. The molecule has 3 amide bonds. The predicted molar refractivity (Wildman–Crippen MR) is 150 cm³/mol. The summed E-state index contributed by atoms with van der Waals surface area (Å²) in [5.74, 6) is -2.70. The van der Waals surface area contributed by atoms with Gasteiger partial charge in [-0.2, -0.15) is 0 Å². The van der Waals surface area contributed by atoms with Crippen LogP contribution in [0.2, 0.25) is 0 Å². The smallest absolute Gasteiger partial charge is 0.326 e. The molecule has 0 aliphatic carbocycles. The minimum absolute atomic E-state index is 0.0108. The highest BCUT2D eigenvalue weighted by molar-refractivity contribution is 8.77. The monoisotopic (exact) mass is 576 g/mol. The van der Waals surface area contributed by atoms with E-state index in [0.29, 0.717) is 37.5 Å². The van der Waals surface area contributed by atoms with E-state index in [1.54, 1.807) is 6.92 Å². The second-order valence-electron chi connectivity index (χ2n) is 9.73. The van der Waals surface area contributed by atoms with Crippen LogP contribution in [-0.2, 0) is 24.0 Å². The van der Waals surface area contributed by atoms with Crippen LogP contribution in [-0.4, -0.2) is 75.5 Å². The Balaban J connectivity index is 2.52. The Labute approximate surface area is 233 Å². The van der Waals surface area contributed by atoms with Crippen LogP contribution < -0.4 is 21.7 Å². The van der Waals surface area contributed by atoms with Crippen molar-refractivity contribution in [2.45, 2.75) is 108 Å². The van der Waals surface area contributed by atoms with Gasteiger partial charge in [0.15, 0.2) is 0 Å². The minimum Gasteiger partial charge on any atom is -0.481 e. The molecular formula is C25H44N4O7S2. The molecule has 1 saturated heterocycles. The number of carboxylic acids is 2. The van der Waals surface area contributed by atoms with E-state index in [4.69, 9.17) is 10.8 Å². The molecule has 1 aliphatic heterocycles. The number of carboxylic acid groups (broad SMARTS) is 2. The first kappa shape index (κ1) is 34.0. The average molecular weight is 577 g/mol. The second-order valence-corrected chi connectivity index (χ2v) is 12.5. The van der Waals surface area contributed by atoms with Crippen LogP contribution in [0.25, 0.3) is 0 Å². The van der Waals surface area contributed by atoms with Crippen LogP contribution in [0.4, 0.5) is 0 Å². The first-order chi connectivity index (χ1) is 18.0. The number of nitrogens with two attached hydrogens (primary N) is 1. The maximum atomic E-state index is 12.9. The summed E-state index contributed by atoms with van der Waals surface area (Å²) in [6, 6.07) is -3.26. The molecule has 1 heterocycles. The molecule has 218 valence electrons. The topological polar surface area (TPSA) is 188 Å². The molecule has 0 spiro atoms. The lowest BCUT2D eigenvalue weighted by atomic mass is 9.98. The largest absolute Gasteiger partial charge is 0.481 e. The molecule has 38 heavy (non-hydrogen) atoms. The van der Waals surface area contributed by atoms with Gasteiger partial charge in [-0.15, -0.1) is 0 Å². The number of nitrogens with one attached hydrogen (secondary N) is 3. The molecule has 11 nitrogen and oxygen atoms in total. The highest BCUT2D eigenvalue weighted by atomic mass is 33.1. The molecule has 0 aromatic carbocycles. The van der Waals surface area contributed by atoms with Gasteiger partial charge in [0.1, 0.15) is 12.1 Å². The van der Waals surface area contributed by atoms with Gasteiger partial charge in [-0.1, -0.05) is 48.3 Å². The Bertz CT molecular complexity index is 781. The molecule has 7 N–H and O–H groups in total. The fourth-order valence-corrected chi connectivity index (χ4v) is 6.93. The number of aliphatic carboxylic acids is 2. The Morgan fingerprint density at radius 2 is 1.71 bits per heavy atom. The molecule has 1 rings (SSSR count). The van der Waals surface area contributed by atoms with Crippen molar-refractivity contribution < 1.29 is 34.2 Å². The Morgan fingerprint density at radius 3 is 2.32 bits per heavy atom. The molecule has 0 radical (unpaired) electrons. The van der Waals surface area contributed by atoms with Crippen molar-refractivity contribution in [1.82, 2.24) is 16.0 Å². The van der Waals surface area contributed by atoms with Crippen molar-refractivity contribution in [2.24, 2.45) is 11.7 Å². The second kappa shape index (κ2) is 19.1. The van der Waals surface area contributed by atoms with Crippen LogP contribution in [0.5, 0.6) is 0 Å². The number of rotatable bonds is 20. The van der Waals surface area contributed by atoms with Gasteiger partial charge in [-0.25, -0.2) is 4.79 Å². The van der Waals surface area contributed by atoms with Crippen LogP contribution in [0.15, 0.2) is 0 Å². The van der Waals surface area contributed by atoms with Crippen molar-refractivity contribution in [3.05, 3.63) is 0 Å². The van der Waals surface area contributed by atoms with Crippen molar-refractivity contribution in [3.63, 3.8) is 0 Å². The fourth-order valence-electron chi connectivity index (χ4n) is 3.91. The predicted octanol–water partition coefficient (Wildman–Crippen LogP) is 2.28. The molecule has 1 aliphatic rings. The van der Waals surface area contributed by atoms with E-state index >= 15 is 0 Å². The Morgan fingerprint density at radius 1 is 0.974 bits per heavy atom. The molecule has 0 saturated carbocycles. The summed E-state index contributed by atoms with van der Waals surface area (Å²) in [5.41, 5.74) is 5.78. The lowest BCUT2D eigenvalue weighted by Crippen LogP contribution is -2.55. The highest BCUT2D eigenvalue weighted by Crippen LogP contribution is 2.39. The van der Waals surface area contributed by atoms with E-state index in [0.717, 1.165) is 19.3 Å². The first-order valence-electron chi connectivity index (χ1n) is 13.4. The summed E-state index contributed by atoms with van der Waals surface area (Å²) in [7, 11) is 3.86.